The lowest BCUT2D eigenvalue weighted by molar-refractivity contribution is -0.116. The molecule has 110 valence electrons. The zero-order valence-electron chi connectivity index (χ0n) is 11.6. The van der Waals surface area contributed by atoms with Gasteiger partial charge in [-0.1, -0.05) is 30.0 Å². The maximum absolute atomic E-state index is 11.0. The monoisotopic (exact) mass is 303 g/mol. The summed E-state index contributed by atoms with van der Waals surface area (Å²) in [6.45, 7) is 1.50. The molecule has 0 bridgehead atoms. The Bertz CT molecular complexity index is 582. The Morgan fingerprint density at radius 2 is 2.33 bits per heavy atom. The number of amides is 1. The second kappa shape index (κ2) is 6.87. The molecular formula is C15H17N3O2S. The minimum Gasteiger partial charge on any atom is -0.376 e. The van der Waals surface area contributed by atoms with E-state index in [1.807, 2.05) is 24.3 Å². The Morgan fingerprint density at radius 1 is 1.43 bits per heavy atom. The molecule has 0 spiro atoms. The van der Waals surface area contributed by atoms with Gasteiger partial charge in [0.2, 0.25) is 5.91 Å². The van der Waals surface area contributed by atoms with Crippen molar-refractivity contribution in [3.05, 3.63) is 35.4 Å². The highest BCUT2D eigenvalue weighted by molar-refractivity contribution is 8.15. The molecule has 1 saturated heterocycles. The molecule has 0 unspecified atom stereocenters. The Morgan fingerprint density at radius 3 is 3.10 bits per heavy atom. The first kappa shape index (κ1) is 14.3. The lowest BCUT2D eigenvalue weighted by Gasteiger charge is -2.03. The molecule has 1 heterocycles. The van der Waals surface area contributed by atoms with Crippen LogP contribution in [0.3, 0.4) is 0 Å². The Kier molecular flexibility index (Phi) is 4.67. The summed E-state index contributed by atoms with van der Waals surface area (Å²) < 4.78 is 5.67. The summed E-state index contributed by atoms with van der Waals surface area (Å²) in [6.07, 6.45) is 4.30. The van der Waals surface area contributed by atoms with Gasteiger partial charge < -0.3 is 10.1 Å². The Hall–Kier alpha value is -1.66. The molecule has 0 radical (unpaired) electrons. The number of hydrogen-bond donors (Lipinski definition) is 1. The Labute approximate surface area is 127 Å². The van der Waals surface area contributed by atoms with Crippen LogP contribution in [0.2, 0.25) is 0 Å². The largest absolute Gasteiger partial charge is 0.376 e. The second-order valence-electron chi connectivity index (χ2n) is 5.19. The van der Waals surface area contributed by atoms with Crippen LogP contribution in [-0.2, 0) is 16.1 Å². The first-order valence-electron chi connectivity index (χ1n) is 7.00. The van der Waals surface area contributed by atoms with Gasteiger partial charge in [-0.05, 0) is 36.0 Å². The quantitative estimate of drug-likeness (QED) is 0.647. The standard InChI is InChI=1S/C15H17N3O2S/c19-14-10-21-15(17-14)18-16-7-12-2-1-3-13(6-12)9-20-8-11-4-5-11/h1-3,6-7,11H,4-5,8-10H2,(H,17,18,19). The second-order valence-corrected chi connectivity index (χ2v) is 6.15. The van der Waals surface area contributed by atoms with Crippen molar-refractivity contribution in [1.29, 1.82) is 0 Å². The minimum absolute atomic E-state index is 0.0243. The lowest BCUT2D eigenvalue weighted by atomic mass is 10.1. The van der Waals surface area contributed by atoms with E-state index in [4.69, 9.17) is 4.74 Å². The van der Waals surface area contributed by atoms with Crippen molar-refractivity contribution >= 4 is 29.1 Å². The third-order valence-corrected chi connectivity index (χ3v) is 4.08. The molecule has 6 heteroatoms. The van der Waals surface area contributed by atoms with Crippen LogP contribution in [0.4, 0.5) is 0 Å². The summed E-state index contributed by atoms with van der Waals surface area (Å²) in [7, 11) is 0. The molecule has 1 aliphatic carbocycles. The third-order valence-electron chi connectivity index (χ3n) is 3.21. The van der Waals surface area contributed by atoms with Crippen LogP contribution < -0.4 is 5.32 Å². The van der Waals surface area contributed by atoms with E-state index in [2.05, 4.69) is 15.5 Å². The number of nitrogens with one attached hydrogen (secondary N) is 1. The van der Waals surface area contributed by atoms with Gasteiger partial charge in [-0.3, -0.25) is 4.79 Å². The molecule has 2 fully saturated rings. The first-order chi connectivity index (χ1) is 10.3. The smallest absolute Gasteiger partial charge is 0.236 e. The summed E-state index contributed by atoms with van der Waals surface area (Å²) in [5.41, 5.74) is 2.11. The van der Waals surface area contributed by atoms with E-state index in [9.17, 15) is 4.79 Å². The van der Waals surface area contributed by atoms with Crippen molar-refractivity contribution in [2.75, 3.05) is 12.4 Å². The molecule has 0 atom stereocenters. The van der Waals surface area contributed by atoms with Crippen LogP contribution in [0.5, 0.6) is 0 Å². The van der Waals surface area contributed by atoms with Crippen LogP contribution >= 0.6 is 11.8 Å². The first-order valence-corrected chi connectivity index (χ1v) is 7.98. The zero-order chi connectivity index (χ0) is 14.5. The van der Waals surface area contributed by atoms with E-state index >= 15 is 0 Å². The van der Waals surface area contributed by atoms with Crippen LogP contribution in [0.15, 0.2) is 34.5 Å². The van der Waals surface area contributed by atoms with Gasteiger partial charge in [0.25, 0.3) is 0 Å². The van der Waals surface area contributed by atoms with Crippen molar-refractivity contribution in [3.63, 3.8) is 0 Å². The van der Waals surface area contributed by atoms with Crippen molar-refractivity contribution in [2.45, 2.75) is 19.4 Å². The molecular weight excluding hydrogens is 286 g/mol. The van der Waals surface area contributed by atoms with Crippen LogP contribution in [0.1, 0.15) is 24.0 Å². The highest BCUT2D eigenvalue weighted by atomic mass is 32.2. The van der Waals surface area contributed by atoms with Gasteiger partial charge in [-0.15, -0.1) is 5.10 Å². The van der Waals surface area contributed by atoms with E-state index in [-0.39, 0.29) is 5.91 Å². The van der Waals surface area contributed by atoms with Crippen LogP contribution in [0.25, 0.3) is 0 Å². The fraction of sp³-hybridized carbons (Fsp3) is 0.400. The molecule has 0 aromatic heterocycles. The SMILES string of the molecule is O=C1CSC(=NN=Cc2cccc(COCC3CC3)c2)N1. The molecule has 1 N–H and O–H groups in total. The molecule has 1 aliphatic heterocycles. The highest BCUT2D eigenvalue weighted by Crippen LogP contribution is 2.29. The summed E-state index contributed by atoms with van der Waals surface area (Å²) in [6, 6.07) is 8.03. The van der Waals surface area contributed by atoms with E-state index in [1.54, 1.807) is 6.21 Å². The number of nitrogens with zero attached hydrogens (tertiary/aromatic N) is 2. The number of ether oxygens (including phenoxy) is 1. The summed E-state index contributed by atoms with van der Waals surface area (Å²) in [4.78, 5) is 11.0. The van der Waals surface area contributed by atoms with E-state index < -0.39 is 0 Å². The molecule has 2 aliphatic rings. The van der Waals surface area contributed by atoms with Gasteiger partial charge >= 0.3 is 0 Å². The van der Waals surface area contributed by atoms with Gasteiger partial charge in [-0.25, -0.2) is 0 Å². The minimum atomic E-state index is -0.0243. The topological polar surface area (TPSA) is 63.0 Å². The molecule has 1 aromatic carbocycles. The molecule has 1 saturated carbocycles. The normalized spacial score (nSPS) is 20.4. The summed E-state index contributed by atoms with van der Waals surface area (Å²) in [5.74, 6) is 1.18. The predicted octanol–water partition coefficient (Wildman–Crippen LogP) is 2.17. The van der Waals surface area contributed by atoms with Crippen molar-refractivity contribution in [1.82, 2.24) is 5.32 Å². The third kappa shape index (κ3) is 4.68. The number of rotatable bonds is 6. The number of benzene rings is 1. The molecule has 3 rings (SSSR count). The maximum atomic E-state index is 11.0. The van der Waals surface area contributed by atoms with Gasteiger partial charge in [0.05, 0.1) is 18.6 Å². The average molecular weight is 303 g/mol. The van der Waals surface area contributed by atoms with Gasteiger partial charge in [0.1, 0.15) is 0 Å². The predicted molar refractivity (Wildman–Crippen MR) is 84.5 cm³/mol. The fourth-order valence-electron chi connectivity index (χ4n) is 1.92. The molecule has 21 heavy (non-hydrogen) atoms. The Balaban J connectivity index is 1.53. The van der Waals surface area contributed by atoms with Crippen molar-refractivity contribution in [3.8, 4) is 0 Å². The average Bonchev–Trinajstić information content (AvgIpc) is 3.21. The summed E-state index contributed by atoms with van der Waals surface area (Å²) in [5, 5.41) is 11.2. The van der Waals surface area contributed by atoms with E-state index in [1.165, 1.54) is 24.6 Å². The van der Waals surface area contributed by atoms with Gasteiger partial charge in [0, 0.05) is 6.61 Å². The van der Waals surface area contributed by atoms with Gasteiger partial charge in [-0.2, -0.15) is 5.10 Å². The lowest BCUT2D eigenvalue weighted by Crippen LogP contribution is -2.19. The van der Waals surface area contributed by atoms with E-state index in [0.717, 1.165) is 23.7 Å². The number of hydrogen-bond acceptors (Lipinski definition) is 5. The number of carbonyl (C=O) groups excluding carboxylic acids is 1. The van der Waals surface area contributed by atoms with Crippen molar-refractivity contribution in [2.24, 2.45) is 16.1 Å². The molecule has 5 nitrogen and oxygen atoms in total. The molecule has 1 aromatic rings. The summed E-state index contributed by atoms with van der Waals surface area (Å²) >= 11 is 1.36. The number of amidine groups is 1. The van der Waals surface area contributed by atoms with Crippen molar-refractivity contribution < 1.29 is 9.53 Å². The number of carbonyl (C=O) groups is 1. The highest BCUT2D eigenvalue weighted by Gasteiger charge is 2.21. The van der Waals surface area contributed by atoms with Gasteiger partial charge in [0.15, 0.2) is 5.17 Å². The van der Waals surface area contributed by atoms with E-state index in [0.29, 0.717) is 17.5 Å². The zero-order valence-corrected chi connectivity index (χ0v) is 12.4. The molecule has 1 amide bonds. The van der Waals surface area contributed by atoms with Crippen LogP contribution in [0, 0.1) is 5.92 Å². The van der Waals surface area contributed by atoms with Crippen LogP contribution in [-0.4, -0.2) is 29.6 Å². The maximum Gasteiger partial charge on any atom is 0.236 e. The number of thioether (sulfide) groups is 1. The fourth-order valence-corrected chi connectivity index (χ4v) is 2.55.